The maximum atomic E-state index is 8.83. The molecule has 0 unspecified atom stereocenters. The van der Waals surface area contributed by atoms with Crippen LogP contribution in [-0.4, -0.2) is 0 Å². The number of hydrogen-bond acceptors (Lipinski definition) is 0. The second kappa shape index (κ2) is 33.9. The third kappa shape index (κ3) is 17.3. The molecule has 0 atom stereocenters. The van der Waals surface area contributed by atoms with Crippen molar-refractivity contribution < 1.29 is 21.0 Å². The Morgan fingerprint density at radius 3 is 0.882 bits per heavy atom. The van der Waals surface area contributed by atoms with Crippen LogP contribution in [0.1, 0.15) is 186 Å². The van der Waals surface area contributed by atoms with Crippen LogP contribution in [0.15, 0.2) is 267 Å². The van der Waals surface area contributed by atoms with E-state index in [9.17, 15) is 0 Å². The van der Waals surface area contributed by atoms with Gasteiger partial charge in [0.05, 0.1) is 0 Å². The smallest absolute Gasteiger partial charge is 0.201 e. The summed E-state index contributed by atoms with van der Waals surface area (Å²) in [5, 5.41) is 0. The molecule has 4 aromatic heterocycles. The van der Waals surface area contributed by atoms with Crippen LogP contribution >= 0.6 is 0 Å². The van der Waals surface area contributed by atoms with Crippen molar-refractivity contribution in [2.24, 2.45) is 28.2 Å². The monoisotopic (exact) mass is 1340 g/mol. The number of aromatic nitrogens is 4. The maximum absolute atomic E-state index is 8.83. The summed E-state index contributed by atoms with van der Waals surface area (Å²) >= 11 is 0. The Kier molecular flexibility index (Phi) is 22.6. The zero-order chi connectivity index (χ0) is 72.2. The molecule has 0 bridgehead atoms. The molecule has 8 aromatic carbocycles. The first-order valence-electron chi connectivity index (χ1n) is 39.2. The summed E-state index contributed by atoms with van der Waals surface area (Å²) in [5.74, 6) is 0.755. The second-order valence-corrected chi connectivity index (χ2v) is 29.6. The first kappa shape index (κ1) is 68.1. The highest BCUT2D eigenvalue weighted by Gasteiger charge is 2.24. The Hall–Kier alpha value is -9.64. The van der Waals surface area contributed by atoms with Crippen LogP contribution in [0.5, 0.6) is 0 Å². The van der Waals surface area contributed by atoms with Gasteiger partial charge >= 0.3 is 0 Å². The van der Waals surface area contributed by atoms with Crippen molar-refractivity contribution in [3.63, 3.8) is 0 Å². The van der Waals surface area contributed by atoms with E-state index in [1.54, 1.807) is 0 Å². The van der Waals surface area contributed by atoms with Crippen molar-refractivity contribution in [2.45, 2.75) is 167 Å². The minimum absolute atomic E-state index is 0.383. The minimum Gasteiger partial charge on any atom is -0.201 e. The fourth-order valence-electron chi connectivity index (χ4n) is 16.3. The zero-order valence-electron chi connectivity index (χ0n) is 64.1. The summed E-state index contributed by atoms with van der Waals surface area (Å²) in [7, 11) is 8.44. The summed E-state index contributed by atoms with van der Waals surface area (Å²) in [6.07, 6.45) is 30.9. The molecule has 102 heavy (non-hydrogen) atoms. The molecule has 0 radical (unpaired) electrons. The molecule has 0 amide bonds. The van der Waals surface area contributed by atoms with Crippen molar-refractivity contribution in [1.29, 1.82) is 0 Å². The minimum atomic E-state index is -0.395. The molecule has 4 aliphatic carbocycles. The van der Waals surface area contributed by atoms with Crippen LogP contribution in [0, 0.1) is 27.7 Å². The quantitative estimate of drug-likeness (QED) is 0.108. The third-order valence-electron chi connectivity index (χ3n) is 22.5. The van der Waals surface area contributed by atoms with E-state index in [0.29, 0.717) is 0 Å². The normalized spacial score (nSPS) is 15.9. The summed E-state index contributed by atoms with van der Waals surface area (Å²) in [5.41, 5.74) is 30.8. The molecule has 0 saturated heterocycles. The molecular formula is C98H108N4+4. The first-order chi connectivity index (χ1) is 50.6. The van der Waals surface area contributed by atoms with Gasteiger partial charge in [-0.15, -0.1) is 0 Å². The van der Waals surface area contributed by atoms with Crippen LogP contribution in [0.3, 0.4) is 0 Å². The Labute approximate surface area is 614 Å². The van der Waals surface area contributed by atoms with Crippen molar-refractivity contribution in [3.8, 4) is 89.5 Å². The zero-order valence-corrected chi connectivity index (χ0v) is 62.1. The van der Waals surface area contributed by atoms with E-state index in [4.69, 9.17) is 2.74 Å². The van der Waals surface area contributed by atoms with Gasteiger partial charge in [0, 0.05) is 73.5 Å². The highest BCUT2D eigenvalue weighted by Crippen LogP contribution is 2.40. The molecule has 4 heterocycles. The van der Waals surface area contributed by atoms with Crippen molar-refractivity contribution in [3.05, 3.63) is 312 Å². The summed E-state index contributed by atoms with van der Waals surface area (Å²) < 4.78 is 26.4. The largest absolute Gasteiger partial charge is 0.213 e. The molecule has 16 rings (SSSR count). The lowest BCUT2D eigenvalue weighted by Gasteiger charge is -2.22. The van der Waals surface area contributed by atoms with Gasteiger partial charge in [0.2, 0.25) is 22.8 Å². The highest BCUT2D eigenvalue weighted by atomic mass is 14.9. The lowest BCUT2D eigenvalue weighted by molar-refractivity contribution is -0.660. The van der Waals surface area contributed by atoms with E-state index in [0.717, 1.165) is 43.1 Å². The van der Waals surface area contributed by atoms with Crippen LogP contribution in [0.25, 0.3) is 89.5 Å². The van der Waals surface area contributed by atoms with E-state index in [2.05, 4.69) is 342 Å². The van der Waals surface area contributed by atoms with E-state index in [-0.39, 0.29) is 5.89 Å². The van der Waals surface area contributed by atoms with Crippen molar-refractivity contribution in [1.82, 2.24) is 0 Å². The van der Waals surface area contributed by atoms with E-state index < -0.39 is 5.89 Å². The number of nitrogens with zero attached hydrogens (tertiary/aromatic N) is 4. The van der Waals surface area contributed by atoms with Gasteiger partial charge in [0.25, 0.3) is 0 Å². The predicted molar refractivity (Wildman–Crippen MR) is 427 cm³/mol. The van der Waals surface area contributed by atoms with Gasteiger partial charge in [-0.05, 0) is 216 Å². The van der Waals surface area contributed by atoms with Crippen LogP contribution in [-0.2, 0) is 28.2 Å². The second-order valence-electron chi connectivity index (χ2n) is 29.6. The van der Waals surface area contributed by atoms with Crippen molar-refractivity contribution in [2.75, 3.05) is 0 Å². The van der Waals surface area contributed by atoms with E-state index in [1.165, 1.54) is 218 Å². The average Bonchev–Trinajstić information content (AvgIpc) is 1.18. The molecule has 4 nitrogen and oxygen atoms in total. The fraction of sp³-hybridized carbons (Fsp3) is 0.306. The van der Waals surface area contributed by atoms with Gasteiger partial charge in [0.15, 0.2) is 24.8 Å². The van der Waals surface area contributed by atoms with Gasteiger partial charge in [0.1, 0.15) is 28.2 Å². The van der Waals surface area contributed by atoms with Gasteiger partial charge in [-0.25, -0.2) is 18.3 Å². The number of rotatable bonds is 12. The first-order valence-corrected chi connectivity index (χ1v) is 38.2. The summed E-state index contributed by atoms with van der Waals surface area (Å²) in [6, 6.07) is 88.2. The fourth-order valence-corrected chi connectivity index (χ4v) is 16.3. The predicted octanol–water partition coefficient (Wildman–Crippen LogP) is 24.0. The van der Waals surface area contributed by atoms with Crippen LogP contribution in [0.4, 0.5) is 0 Å². The lowest BCUT2D eigenvalue weighted by Crippen LogP contribution is -2.30. The molecular weight excluding hydrogens is 1230 g/mol. The molecule has 4 aliphatic rings. The summed E-state index contributed by atoms with van der Waals surface area (Å²) in [6.45, 7) is 8.69. The Morgan fingerprint density at radius 1 is 0.235 bits per heavy atom. The molecule has 4 heteroatoms. The standard InChI is InChI=1S/2C25H28N.2C24H26N/c2*1-19-8-6-7-11-24(19)25-18-23(16-17-26(25)2)22-14-12-21(13-15-22)20-9-4-3-5-10-20;2*1-18-8-3-6-13-23(18)24-17-22(14-15-25(24)2)21-12-7-11-20(16-21)19-9-4-5-10-19/h2*6-8,11-18,20H,3-5,9-10H2,1-2H3;2*3,6-8,11-17,19H,4-5,9-10H2,1-2H3/q4*+1/i20D;;19D;. The van der Waals surface area contributed by atoms with Crippen LogP contribution < -0.4 is 18.3 Å². The molecule has 516 valence electrons. The number of hydrogen-bond donors (Lipinski definition) is 0. The number of aryl methyl sites for hydroxylation is 8. The maximum Gasteiger partial charge on any atom is 0.213 e. The third-order valence-corrected chi connectivity index (χ3v) is 22.5. The Balaban J connectivity index is 0.000000123. The molecule has 12 aromatic rings. The molecule has 0 N–H and O–H groups in total. The van der Waals surface area contributed by atoms with Crippen LogP contribution in [0.2, 0.25) is 0 Å². The van der Waals surface area contributed by atoms with Gasteiger partial charge < -0.3 is 0 Å². The average molecular weight is 1340 g/mol. The number of pyridine rings is 4. The van der Waals surface area contributed by atoms with E-state index >= 15 is 0 Å². The molecule has 0 aliphatic heterocycles. The lowest BCUT2D eigenvalue weighted by atomic mass is 9.84. The molecule has 4 saturated carbocycles. The Bertz CT molecular complexity index is 4890. The number of benzene rings is 8. The SMILES string of the molecule is Cc1ccccc1-c1cc(-c2ccc(C3CCCCC3)cc2)cc[n+]1C.Cc1ccccc1-c1cc(-c2cccc(C3CCCC3)c2)cc[n+]1C.[2H]C1(c2ccc(-c3cc[n+](C)c(-c4ccccc4C)c3)cc2)CCCCC1.[2H]C1(c2cccc(-c3cc[n+](C)c(-c4ccccc4C)c3)c2)CCCC1. The topological polar surface area (TPSA) is 15.5 Å². The van der Waals surface area contributed by atoms with E-state index in [1.807, 2.05) is 0 Å². The highest BCUT2D eigenvalue weighted by molar-refractivity contribution is 5.74. The van der Waals surface area contributed by atoms with Gasteiger partial charge in [-0.1, -0.05) is 234 Å². The van der Waals surface area contributed by atoms with Crippen molar-refractivity contribution >= 4 is 0 Å². The van der Waals surface area contributed by atoms with Gasteiger partial charge in [-0.3, -0.25) is 0 Å². The van der Waals surface area contributed by atoms with Gasteiger partial charge in [-0.2, -0.15) is 0 Å². The Morgan fingerprint density at radius 2 is 0.510 bits per heavy atom. The summed E-state index contributed by atoms with van der Waals surface area (Å²) in [4.78, 5) is 0. The molecule has 0 spiro atoms. The molecule has 4 fully saturated rings.